The summed E-state index contributed by atoms with van der Waals surface area (Å²) in [6, 6.07) is 4.77. The Hall–Kier alpha value is -2.12. The molecule has 0 N–H and O–H groups in total. The Labute approximate surface area is 145 Å². The number of benzene rings is 1. The first-order chi connectivity index (χ1) is 11.0. The number of anilines is 1. The first-order valence-electron chi connectivity index (χ1n) is 6.64. The summed E-state index contributed by atoms with van der Waals surface area (Å²) in [5, 5.41) is 0.433. The molecule has 0 fully saturated rings. The molecular formula is C15H11BrClN4O2+. The summed E-state index contributed by atoms with van der Waals surface area (Å²) in [5.41, 5.74) is 1.05. The highest BCUT2D eigenvalue weighted by Gasteiger charge is 2.32. The number of carbonyl (C=O) groups excluding carboxylic acids is 2. The number of nitrogens with zero attached hydrogens (tertiary/aromatic N) is 4. The van der Waals surface area contributed by atoms with Crippen molar-refractivity contribution in [3.63, 3.8) is 0 Å². The molecule has 2 heterocycles. The van der Waals surface area contributed by atoms with E-state index in [1.165, 1.54) is 11.0 Å². The van der Waals surface area contributed by atoms with Crippen molar-refractivity contribution < 1.29 is 14.2 Å². The smallest absolute Gasteiger partial charge is 0.288 e. The van der Waals surface area contributed by atoms with Crippen LogP contribution in [0, 0.1) is 0 Å². The molecule has 2 aliphatic rings. The van der Waals surface area contributed by atoms with Crippen LogP contribution in [0.1, 0.15) is 10.4 Å². The third-order valence-electron chi connectivity index (χ3n) is 3.48. The molecule has 0 spiro atoms. The van der Waals surface area contributed by atoms with Gasteiger partial charge in [0.1, 0.15) is 6.21 Å². The first kappa shape index (κ1) is 15.8. The van der Waals surface area contributed by atoms with Crippen molar-refractivity contribution in [2.24, 2.45) is 9.98 Å². The minimum atomic E-state index is -0.336. The van der Waals surface area contributed by atoms with E-state index in [0.717, 1.165) is 4.62 Å². The van der Waals surface area contributed by atoms with E-state index in [1.807, 2.05) is 0 Å². The molecule has 0 radical (unpaired) electrons. The van der Waals surface area contributed by atoms with Crippen molar-refractivity contribution in [1.29, 1.82) is 0 Å². The fourth-order valence-corrected chi connectivity index (χ4v) is 2.89. The van der Waals surface area contributed by atoms with Gasteiger partial charge in [-0.05, 0) is 18.2 Å². The minimum Gasteiger partial charge on any atom is -0.309 e. The number of aldehydes is 1. The number of hydrogen-bond acceptors (Lipinski definition) is 4. The Balaban J connectivity index is 1.92. The topological polar surface area (TPSA) is 65.1 Å². The quantitative estimate of drug-likeness (QED) is 0.583. The molecule has 6 nitrogen and oxygen atoms in total. The number of carbonyl (C=O) groups is 2. The van der Waals surface area contributed by atoms with E-state index in [0.29, 0.717) is 22.6 Å². The van der Waals surface area contributed by atoms with Gasteiger partial charge in [0.15, 0.2) is 12.0 Å². The number of rotatable bonds is 3. The van der Waals surface area contributed by atoms with Gasteiger partial charge in [0, 0.05) is 33.6 Å². The summed E-state index contributed by atoms with van der Waals surface area (Å²) in [4.78, 5) is 33.6. The van der Waals surface area contributed by atoms with Crippen LogP contribution >= 0.6 is 27.5 Å². The van der Waals surface area contributed by atoms with Crippen molar-refractivity contribution in [2.75, 3.05) is 11.9 Å². The van der Waals surface area contributed by atoms with Gasteiger partial charge < -0.3 is 4.90 Å². The number of amides is 1. The zero-order valence-corrected chi connectivity index (χ0v) is 14.3. The van der Waals surface area contributed by atoms with E-state index in [-0.39, 0.29) is 17.8 Å². The van der Waals surface area contributed by atoms with Crippen LogP contribution in [0.15, 0.2) is 40.1 Å². The summed E-state index contributed by atoms with van der Waals surface area (Å²) < 4.78 is 2.54. The van der Waals surface area contributed by atoms with E-state index in [2.05, 4.69) is 25.9 Å². The number of halogens is 2. The van der Waals surface area contributed by atoms with Gasteiger partial charge in [-0.1, -0.05) is 11.6 Å². The maximum Gasteiger partial charge on any atom is 0.288 e. The van der Waals surface area contributed by atoms with E-state index in [1.54, 1.807) is 42.4 Å². The molecule has 1 atom stereocenters. The molecule has 0 saturated carbocycles. The molecule has 0 bridgehead atoms. The molecular weight excluding hydrogens is 384 g/mol. The van der Waals surface area contributed by atoms with Gasteiger partial charge >= 0.3 is 0 Å². The highest BCUT2D eigenvalue weighted by Crippen LogP contribution is 2.24. The maximum atomic E-state index is 12.6. The van der Waals surface area contributed by atoms with E-state index < -0.39 is 0 Å². The van der Waals surface area contributed by atoms with Crippen LogP contribution in [0.25, 0.3) is 0 Å². The lowest BCUT2D eigenvalue weighted by Gasteiger charge is -2.19. The maximum absolute atomic E-state index is 12.6. The number of likely N-dealkylation sites (N-methyl/N-ethyl adjacent to an activating group) is 1. The Morgan fingerprint density at radius 3 is 3.00 bits per heavy atom. The van der Waals surface area contributed by atoms with Gasteiger partial charge in [-0.15, -0.1) is 0 Å². The van der Waals surface area contributed by atoms with E-state index in [9.17, 15) is 9.59 Å². The number of aliphatic imine (C=N–C) groups is 2. The third-order valence-corrected chi connectivity index (χ3v) is 4.32. The molecule has 2 aliphatic heterocycles. The summed E-state index contributed by atoms with van der Waals surface area (Å²) >= 11 is 9.25. The lowest BCUT2D eigenvalue weighted by Crippen LogP contribution is -2.32. The Morgan fingerprint density at radius 1 is 1.48 bits per heavy atom. The summed E-state index contributed by atoms with van der Waals surface area (Å²) in [6.45, 7) is 0. The molecule has 0 aromatic heterocycles. The molecule has 1 unspecified atom stereocenters. The standard InChI is InChI=1S/C15H11BrClN4O2/c1-20(12-3-2-10(17)4-9(12)8-22)15(23)11-7-21-13(16)5-19-14(21)6-18-11/h2-8,14H,1H3/q+1. The molecule has 116 valence electrons. The van der Waals surface area contributed by atoms with Crippen LogP contribution in [-0.2, 0) is 4.79 Å². The lowest BCUT2D eigenvalue weighted by molar-refractivity contribution is -0.470. The van der Waals surface area contributed by atoms with Gasteiger partial charge in [-0.3, -0.25) is 9.59 Å². The molecule has 3 rings (SSSR count). The van der Waals surface area contributed by atoms with Crippen LogP contribution < -0.4 is 4.90 Å². The van der Waals surface area contributed by atoms with Crippen molar-refractivity contribution in [2.45, 2.75) is 6.17 Å². The molecule has 1 aromatic carbocycles. The van der Waals surface area contributed by atoms with Gasteiger partial charge in [-0.25, -0.2) is 9.98 Å². The van der Waals surface area contributed by atoms with Crippen LogP contribution in [0.4, 0.5) is 5.69 Å². The first-order valence-corrected chi connectivity index (χ1v) is 7.81. The Morgan fingerprint density at radius 2 is 2.26 bits per heavy atom. The average molecular weight is 395 g/mol. The van der Waals surface area contributed by atoms with Crippen molar-refractivity contribution in [1.82, 2.24) is 0 Å². The molecule has 0 saturated heterocycles. The second-order valence-electron chi connectivity index (χ2n) is 4.90. The molecule has 23 heavy (non-hydrogen) atoms. The fraction of sp³-hybridized carbons (Fsp3) is 0.133. The van der Waals surface area contributed by atoms with Gasteiger partial charge in [0.25, 0.3) is 16.7 Å². The van der Waals surface area contributed by atoms with Crippen molar-refractivity contribution >= 4 is 62.5 Å². The second-order valence-corrected chi connectivity index (χ2v) is 6.15. The fourth-order valence-electron chi connectivity index (χ4n) is 2.28. The highest BCUT2D eigenvalue weighted by atomic mass is 79.9. The van der Waals surface area contributed by atoms with Crippen LogP contribution in [-0.4, -0.2) is 47.0 Å². The zero-order valence-electron chi connectivity index (χ0n) is 12.0. The molecule has 0 aliphatic carbocycles. The third kappa shape index (κ3) is 2.89. The van der Waals surface area contributed by atoms with Crippen molar-refractivity contribution in [3.8, 4) is 0 Å². The SMILES string of the molecule is CN(C(=O)C1=C[N+]2=C(Br)C=NC2C=N1)c1ccc(Cl)cc1C=O. The predicted molar refractivity (Wildman–Crippen MR) is 93.3 cm³/mol. The summed E-state index contributed by atoms with van der Waals surface area (Å²) in [6.07, 6.45) is 5.31. The Kier molecular flexibility index (Phi) is 4.23. The number of fused-ring (bicyclic) bond motifs is 1. The number of hydrogen-bond donors (Lipinski definition) is 0. The van der Waals surface area contributed by atoms with Gasteiger partial charge in [0.05, 0.1) is 11.9 Å². The van der Waals surface area contributed by atoms with Gasteiger partial charge in [0.2, 0.25) is 6.20 Å². The van der Waals surface area contributed by atoms with E-state index >= 15 is 0 Å². The summed E-state index contributed by atoms with van der Waals surface area (Å²) in [5.74, 6) is -0.336. The minimum absolute atomic E-state index is 0.229. The van der Waals surface area contributed by atoms with Gasteiger partial charge in [-0.2, -0.15) is 4.58 Å². The summed E-state index contributed by atoms with van der Waals surface area (Å²) in [7, 11) is 1.58. The normalized spacial score (nSPS) is 18.7. The highest BCUT2D eigenvalue weighted by molar-refractivity contribution is 9.19. The second kappa shape index (κ2) is 6.17. The lowest BCUT2D eigenvalue weighted by atomic mass is 10.1. The predicted octanol–water partition coefficient (Wildman–Crippen LogP) is 2.26. The Bertz CT molecular complexity index is 829. The van der Waals surface area contributed by atoms with Crippen LogP contribution in [0.5, 0.6) is 0 Å². The zero-order chi connectivity index (χ0) is 16.6. The largest absolute Gasteiger partial charge is 0.309 e. The average Bonchev–Trinajstić information content (AvgIpc) is 2.94. The van der Waals surface area contributed by atoms with Crippen LogP contribution in [0.2, 0.25) is 5.02 Å². The molecule has 1 amide bonds. The molecule has 8 heteroatoms. The van der Waals surface area contributed by atoms with E-state index in [4.69, 9.17) is 11.6 Å². The van der Waals surface area contributed by atoms with Crippen molar-refractivity contribution in [3.05, 3.63) is 40.7 Å². The van der Waals surface area contributed by atoms with Crippen LogP contribution in [0.3, 0.4) is 0 Å². The monoisotopic (exact) mass is 393 g/mol. The molecule has 1 aromatic rings.